The number of methoxy groups -OCH3 is 1. The molecule has 0 aliphatic rings. The maximum absolute atomic E-state index is 5.68. The Hall–Kier alpha value is -1.55. The molecule has 1 aromatic heterocycles. The van der Waals surface area contributed by atoms with Crippen LogP contribution in [0.1, 0.15) is 16.1 Å². The van der Waals surface area contributed by atoms with Gasteiger partial charge in [0.25, 0.3) is 0 Å². The summed E-state index contributed by atoms with van der Waals surface area (Å²) in [5.41, 5.74) is 8.05. The molecule has 3 nitrogen and oxygen atoms in total. The molecule has 0 spiro atoms. The number of nitrogens with two attached hydrogens (primary N) is 1. The van der Waals surface area contributed by atoms with Crippen LogP contribution in [-0.4, -0.2) is 12.1 Å². The summed E-state index contributed by atoms with van der Waals surface area (Å²) in [6, 6.07) is 8.13. The zero-order chi connectivity index (χ0) is 12.3. The third-order valence-electron chi connectivity index (χ3n) is 2.69. The lowest BCUT2D eigenvalue weighted by Gasteiger charge is -2.03. The van der Waals surface area contributed by atoms with Gasteiger partial charge in [0, 0.05) is 4.88 Å². The predicted octanol–water partition coefficient (Wildman–Crippen LogP) is 2.83. The maximum atomic E-state index is 5.68. The van der Waals surface area contributed by atoms with E-state index in [1.165, 1.54) is 10.4 Å². The molecule has 90 valence electrons. The zero-order valence-electron chi connectivity index (χ0n) is 10.1. The normalized spacial score (nSPS) is 10.5. The summed E-state index contributed by atoms with van der Waals surface area (Å²) < 4.78 is 5.20. The zero-order valence-corrected chi connectivity index (χ0v) is 10.9. The van der Waals surface area contributed by atoms with E-state index >= 15 is 0 Å². The first-order valence-corrected chi connectivity index (χ1v) is 6.35. The third kappa shape index (κ3) is 2.97. The molecule has 17 heavy (non-hydrogen) atoms. The lowest BCUT2D eigenvalue weighted by atomic mass is 10.1. The Labute approximate surface area is 105 Å². The molecule has 0 aliphatic carbocycles. The van der Waals surface area contributed by atoms with E-state index in [1.54, 1.807) is 18.4 Å². The van der Waals surface area contributed by atoms with Gasteiger partial charge in [0.05, 0.1) is 12.8 Å². The molecule has 0 unspecified atom stereocenters. The summed E-state index contributed by atoms with van der Waals surface area (Å²) >= 11 is 1.55. The summed E-state index contributed by atoms with van der Waals surface area (Å²) in [6.45, 7) is 2.06. The van der Waals surface area contributed by atoms with Crippen molar-refractivity contribution in [3.8, 4) is 5.75 Å². The fraction of sp³-hybridized carbons (Fsp3) is 0.308. The van der Waals surface area contributed by atoms with Crippen LogP contribution >= 0.6 is 11.3 Å². The van der Waals surface area contributed by atoms with Crippen LogP contribution in [0.3, 0.4) is 0 Å². The minimum atomic E-state index is 0.656. The van der Waals surface area contributed by atoms with Crippen LogP contribution in [0.2, 0.25) is 0 Å². The molecule has 0 fully saturated rings. The number of nitrogen functional groups attached to an aromatic ring is 1. The lowest BCUT2D eigenvalue weighted by molar-refractivity contribution is 0.414. The minimum absolute atomic E-state index is 0.656. The summed E-state index contributed by atoms with van der Waals surface area (Å²) in [7, 11) is 1.68. The van der Waals surface area contributed by atoms with E-state index in [9.17, 15) is 0 Å². The number of benzene rings is 1. The largest absolute Gasteiger partial charge is 0.497 e. The van der Waals surface area contributed by atoms with Gasteiger partial charge < -0.3 is 10.5 Å². The van der Waals surface area contributed by atoms with Crippen molar-refractivity contribution in [2.75, 3.05) is 12.8 Å². The van der Waals surface area contributed by atoms with Gasteiger partial charge in [-0.05, 0) is 37.5 Å². The molecule has 2 rings (SSSR count). The highest BCUT2D eigenvalue weighted by molar-refractivity contribution is 7.15. The van der Waals surface area contributed by atoms with Crippen LogP contribution < -0.4 is 10.5 Å². The van der Waals surface area contributed by atoms with Crippen LogP contribution in [0.4, 0.5) is 5.13 Å². The standard InChI is InChI=1S/C13H16N2OS/c1-9-12(15-13(14)17-9)7-6-10-4-3-5-11(8-10)16-2/h3-5,8H,6-7H2,1-2H3,(H2,14,15). The fourth-order valence-corrected chi connectivity index (χ4v) is 2.51. The number of hydrogen-bond acceptors (Lipinski definition) is 4. The average Bonchev–Trinajstić information content (AvgIpc) is 2.65. The van der Waals surface area contributed by atoms with Crippen molar-refractivity contribution in [3.05, 3.63) is 40.4 Å². The van der Waals surface area contributed by atoms with E-state index in [0.29, 0.717) is 5.13 Å². The molecule has 0 atom stereocenters. The van der Waals surface area contributed by atoms with Gasteiger partial charge in [-0.2, -0.15) is 0 Å². The second-order valence-electron chi connectivity index (χ2n) is 3.91. The number of anilines is 1. The maximum Gasteiger partial charge on any atom is 0.180 e. The predicted molar refractivity (Wildman–Crippen MR) is 71.7 cm³/mol. The fourth-order valence-electron chi connectivity index (χ4n) is 1.77. The van der Waals surface area contributed by atoms with Gasteiger partial charge in [-0.15, -0.1) is 11.3 Å². The Morgan fingerprint density at radius 3 is 2.82 bits per heavy atom. The van der Waals surface area contributed by atoms with Gasteiger partial charge in [-0.3, -0.25) is 0 Å². The molecule has 1 aromatic carbocycles. The molecule has 0 bridgehead atoms. The third-order valence-corrected chi connectivity index (χ3v) is 3.54. The molecule has 0 saturated heterocycles. The summed E-state index contributed by atoms with van der Waals surface area (Å²) in [5.74, 6) is 0.900. The number of rotatable bonds is 4. The van der Waals surface area contributed by atoms with E-state index in [4.69, 9.17) is 10.5 Å². The Morgan fingerprint density at radius 1 is 1.35 bits per heavy atom. The van der Waals surface area contributed by atoms with Gasteiger partial charge in [0.15, 0.2) is 5.13 Å². The van der Waals surface area contributed by atoms with Crippen molar-refractivity contribution >= 4 is 16.5 Å². The molecular formula is C13H16N2OS. The Morgan fingerprint density at radius 2 is 2.18 bits per heavy atom. The van der Waals surface area contributed by atoms with E-state index in [-0.39, 0.29) is 0 Å². The SMILES string of the molecule is COc1cccc(CCc2nc(N)sc2C)c1. The highest BCUT2D eigenvalue weighted by atomic mass is 32.1. The van der Waals surface area contributed by atoms with Crippen molar-refractivity contribution in [1.29, 1.82) is 0 Å². The molecular weight excluding hydrogens is 232 g/mol. The average molecular weight is 248 g/mol. The Bertz CT molecular complexity index is 508. The van der Waals surface area contributed by atoms with Crippen molar-refractivity contribution in [2.45, 2.75) is 19.8 Å². The molecule has 4 heteroatoms. The van der Waals surface area contributed by atoms with Crippen LogP contribution in [0, 0.1) is 6.92 Å². The number of aromatic nitrogens is 1. The summed E-state index contributed by atoms with van der Waals surface area (Å²) in [5, 5.41) is 0.656. The quantitative estimate of drug-likeness (QED) is 0.905. The topological polar surface area (TPSA) is 48.1 Å². The highest BCUT2D eigenvalue weighted by Gasteiger charge is 2.05. The van der Waals surface area contributed by atoms with Crippen LogP contribution in [-0.2, 0) is 12.8 Å². The Kier molecular flexibility index (Phi) is 3.64. The second-order valence-corrected chi connectivity index (χ2v) is 5.14. The number of nitrogens with zero attached hydrogens (tertiary/aromatic N) is 1. The molecule has 0 saturated carbocycles. The van der Waals surface area contributed by atoms with E-state index in [1.807, 2.05) is 12.1 Å². The van der Waals surface area contributed by atoms with Gasteiger partial charge in [-0.25, -0.2) is 4.98 Å². The summed E-state index contributed by atoms with van der Waals surface area (Å²) in [6.07, 6.45) is 1.88. The van der Waals surface area contributed by atoms with Gasteiger partial charge in [0.2, 0.25) is 0 Å². The van der Waals surface area contributed by atoms with E-state index in [2.05, 4.69) is 24.0 Å². The lowest BCUT2D eigenvalue weighted by Crippen LogP contribution is -1.95. The highest BCUT2D eigenvalue weighted by Crippen LogP contribution is 2.21. The van der Waals surface area contributed by atoms with Gasteiger partial charge in [0.1, 0.15) is 5.75 Å². The number of ether oxygens (including phenoxy) is 1. The van der Waals surface area contributed by atoms with Gasteiger partial charge >= 0.3 is 0 Å². The number of aryl methyl sites for hydroxylation is 3. The first kappa shape index (κ1) is 11.9. The number of thiazole rings is 1. The van der Waals surface area contributed by atoms with Crippen LogP contribution in [0.25, 0.3) is 0 Å². The Balaban J connectivity index is 2.04. The molecule has 2 N–H and O–H groups in total. The van der Waals surface area contributed by atoms with Crippen molar-refractivity contribution in [2.24, 2.45) is 0 Å². The second kappa shape index (κ2) is 5.19. The molecule has 0 amide bonds. The van der Waals surface area contributed by atoms with Crippen molar-refractivity contribution in [1.82, 2.24) is 4.98 Å². The molecule has 1 heterocycles. The van der Waals surface area contributed by atoms with Gasteiger partial charge in [-0.1, -0.05) is 12.1 Å². The van der Waals surface area contributed by atoms with Crippen molar-refractivity contribution < 1.29 is 4.74 Å². The van der Waals surface area contributed by atoms with Crippen molar-refractivity contribution in [3.63, 3.8) is 0 Å². The van der Waals surface area contributed by atoms with Crippen LogP contribution in [0.5, 0.6) is 5.75 Å². The first-order chi connectivity index (χ1) is 8.19. The van der Waals surface area contributed by atoms with E-state index < -0.39 is 0 Å². The van der Waals surface area contributed by atoms with Crippen LogP contribution in [0.15, 0.2) is 24.3 Å². The molecule has 0 aliphatic heterocycles. The first-order valence-electron chi connectivity index (χ1n) is 5.53. The molecule has 0 radical (unpaired) electrons. The molecule has 2 aromatic rings. The minimum Gasteiger partial charge on any atom is -0.497 e. The summed E-state index contributed by atoms with van der Waals surface area (Å²) in [4.78, 5) is 5.55. The van der Waals surface area contributed by atoms with E-state index in [0.717, 1.165) is 24.3 Å². The monoisotopic (exact) mass is 248 g/mol. The smallest absolute Gasteiger partial charge is 0.180 e. The number of hydrogen-bond donors (Lipinski definition) is 1.